The Balaban J connectivity index is 1.84. The molecule has 0 radical (unpaired) electrons. The average Bonchev–Trinajstić information content (AvgIpc) is 3.30. The quantitative estimate of drug-likeness (QED) is 0.501. The second kappa shape index (κ2) is 9.25. The van der Waals surface area contributed by atoms with E-state index in [0.29, 0.717) is 5.56 Å². The summed E-state index contributed by atoms with van der Waals surface area (Å²) < 4.78 is 4.61. The van der Waals surface area contributed by atoms with Crippen LogP contribution in [0.15, 0.2) is 29.6 Å². The molecule has 10 heteroatoms. The van der Waals surface area contributed by atoms with E-state index in [2.05, 4.69) is 20.4 Å². The lowest BCUT2D eigenvalue weighted by molar-refractivity contribution is -0.134. The number of urea groups is 1. The van der Waals surface area contributed by atoms with Gasteiger partial charge in [0.25, 0.3) is 5.91 Å². The monoisotopic (exact) mass is 444 g/mol. The minimum absolute atomic E-state index is 0.0378. The van der Waals surface area contributed by atoms with Crippen molar-refractivity contribution in [2.75, 3.05) is 12.4 Å². The average molecular weight is 445 g/mol. The lowest BCUT2D eigenvalue weighted by Gasteiger charge is -2.25. The minimum Gasteiger partial charge on any atom is -0.464 e. The van der Waals surface area contributed by atoms with Crippen LogP contribution in [0.1, 0.15) is 47.9 Å². The Bertz CT molecular complexity index is 1020. The number of aromatic nitrogens is 1. The van der Waals surface area contributed by atoms with Crippen molar-refractivity contribution in [1.29, 1.82) is 0 Å². The van der Waals surface area contributed by atoms with Crippen molar-refractivity contribution in [2.24, 2.45) is 5.92 Å². The SMILES string of the molecule is COC(=O)c1csc(NC(=O)C(CC(C)C)N2C(=O)NC(c3ccccc3C)C2=O)n1. The van der Waals surface area contributed by atoms with Crippen molar-refractivity contribution in [3.63, 3.8) is 0 Å². The molecule has 3 rings (SSSR count). The van der Waals surface area contributed by atoms with Crippen LogP contribution in [0, 0.1) is 12.8 Å². The van der Waals surface area contributed by atoms with Gasteiger partial charge in [-0.2, -0.15) is 0 Å². The van der Waals surface area contributed by atoms with Gasteiger partial charge < -0.3 is 15.4 Å². The largest absolute Gasteiger partial charge is 0.464 e. The molecule has 2 N–H and O–H groups in total. The second-order valence-electron chi connectivity index (χ2n) is 7.61. The molecule has 0 spiro atoms. The van der Waals surface area contributed by atoms with E-state index in [-0.39, 0.29) is 23.2 Å². The van der Waals surface area contributed by atoms with E-state index in [9.17, 15) is 19.2 Å². The van der Waals surface area contributed by atoms with Gasteiger partial charge in [-0.1, -0.05) is 38.1 Å². The number of thiazole rings is 1. The van der Waals surface area contributed by atoms with Gasteiger partial charge in [-0.3, -0.25) is 9.59 Å². The minimum atomic E-state index is -1.02. The molecular formula is C21H24N4O5S. The molecule has 9 nitrogen and oxygen atoms in total. The third kappa shape index (κ3) is 4.74. The molecule has 0 aliphatic carbocycles. The van der Waals surface area contributed by atoms with Gasteiger partial charge in [0, 0.05) is 5.38 Å². The Morgan fingerprint density at radius 2 is 2.00 bits per heavy atom. The molecule has 0 saturated carbocycles. The van der Waals surface area contributed by atoms with Crippen molar-refractivity contribution >= 4 is 40.3 Å². The zero-order valence-electron chi connectivity index (χ0n) is 17.7. The second-order valence-corrected chi connectivity index (χ2v) is 8.47. The fraction of sp³-hybridized carbons (Fsp3) is 0.381. The van der Waals surface area contributed by atoms with Gasteiger partial charge in [0.05, 0.1) is 7.11 Å². The highest BCUT2D eigenvalue weighted by molar-refractivity contribution is 7.14. The van der Waals surface area contributed by atoms with Crippen LogP contribution < -0.4 is 10.6 Å². The standard InChI is InChI=1S/C21H24N4O5S/c1-11(2)9-15(17(26)24-20-22-14(10-31-20)19(28)30-4)25-18(27)16(23-21(25)29)13-8-6-5-7-12(13)3/h5-8,10-11,15-16H,9H2,1-4H3,(H,23,29)(H,22,24,26). The lowest BCUT2D eigenvalue weighted by atomic mass is 9.99. The van der Waals surface area contributed by atoms with E-state index in [1.165, 1.54) is 12.5 Å². The number of anilines is 1. The Morgan fingerprint density at radius 3 is 2.65 bits per heavy atom. The van der Waals surface area contributed by atoms with Gasteiger partial charge in [-0.25, -0.2) is 19.5 Å². The molecule has 1 fully saturated rings. The summed E-state index contributed by atoms with van der Waals surface area (Å²) in [6.07, 6.45) is 0.278. The molecule has 1 aromatic heterocycles. The summed E-state index contributed by atoms with van der Waals surface area (Å²) in [5.41, 5.74) is 1.62. The van der Waals surface area contributed by atoms with Gasteiger partial charge in [-0.05, 0) is 30.4 Å². The first kappa shape index (κ1) is 22.4. The molecule has 164 valence electrons. The number of aryl methyl sites for hydroxylation is 1. The van der Waals surface area contributed by atoms with Crippen LogP contribution in [0.5, 0.6) is 0 Å². The van der Waals surface area contributed by atoms with E-state index in [1.807, 2.05) is 32.9 Å². The molecule has 2 aromatic rings. The number of esters is 1. The first-order valence-electron chi connectivity index (χ1n) is 9.76. The molecule has 1 aliphatic heterocycles. The number of nitrogens with zero attached hydrogens (tertiary/aromatic N) is 2. The number of benzene rings is 1. The smallest absolute Gasteiger partial charge is 0.357 e. The molecule has 1 aliphatic rings. The number of rotatable bonds is 7. The van der Waals surface area contributed by atoms with E-state index >= 15 is 0 Å². The number of amides is 4. The van der Waals surface area contributed by atoms with Crippen LogP contribution in [0.3, 0.4) is 0 Å². The van der Waals surface area contributed by atoms with Crippen LogP contribution in [-0.4, -0.2) is 46.9 Å². The van der Waals surface area contributed by atoms with Crippen molar-refractivity contribution in [3.8, 4) is 0 Å². The lowest BCUT2D eigenvalue weighted by Crippen LogP contribution is -2.48. The maximum absolute atomic E-state index is 13.2. The molecule has 1 aromatic carbocycles. The topological polar surface area (TPSA) is 118 Å². The summed E-state index contributed by atoms with van der Waals surface area (Å²) in [7, 11) is 1.24. The predicted molar refractivity (Wildman–Crippen MR) is 115 cm³/mol. The summed E-state index contributed by atoms with van der Waals surface area (Å²) in [6, 6.07) is 4.80. The molecule has 2 heterocycles. The maximum Gasteiger partial charge on any atom is 0.357 e. The summed E-state index contributed by atoms with van der Waals surface area (Å²) in [5, 5.41) is 6.95. The van der Waals surface area contributed by atoms with Crippen molar-refractivity contribution in [3.05, 3.63) is 46.5 Å². The summed E-state index contributed by atoms with van der Waals surface area (Å²) in [6.45, 7) is 5.66. The number of carbonyl (C=O) groups is 4. The van der Waals surface area contributed by atoms with Crippen molar-refractivity contribution in [2.45, 2.75) is 39.3 Å². The Hall–Kier alpha value is -3.27. The maximum atomic E-state index is 13.2. The van der Waals surface area contributed by atoms with Gasteiger partial charge in [0.1, 0.15) is 12.1 Å². The Kier molecular flexibility index (Phi) is 6.69. The van der Waals surface area contributed by atoms with Gasteiger partial charge in [-0.15, -0.1) is 11.3 Å². The fourth-order valence-electron chi connectivity index (χ4n) is 3.40. The first-order valence-corrected chi connectivity index (χ1v) is 10.6. The number of ether oxygens (including phenoxy) is 1. The number of nitrogens with one attached hydrogen (secondary N) is 2. The number of carbonyl (C=O) groups excluding carboxylic acids is 4. The van der Waals surface area contributed by atoms with E-state index in [1.54, 1.807) is 12.1 Å². The predicted octanol–water partition coefficient (Wildman–Crippen LogP) is 2.88. The molecule has 31 heavy (non-hydrogen) atoms. The molecule has 4 amide bonds. The third-order valence-corrected chi connectivity index (χ3v) is 5.67. The van der Waals surface area contributed by atoms with Gasteiger partial charge in [0.15, 0.2) is 10.8 Å². The van der Waals surface area contributed by atoms with Crippen LogP contribution in [0.25, 0.3) is 0 Å². The Morgan fingerprint density at radius 1 is 1.29 bits per heavy atom. The van der Waals surface area contributed by atoms with Crippen LogP contribution in [0.4, 0.5) is 9.93 Å². The van der Waals surface area contributed by atoms with Crippen molar-refractivity contribution in [1.82, 2.24) is 15.2 Å². The first-order chi connectivity index (χ1) is 14.7. The van der Waals surface area contributed by atoms with Crippen LogP contribution in [0.2, 0.25) is 0 Å². The van der Waals surface area contributed by atoms with E-state index < -0.39 is 35.9 Å². The van der Waals surface area contributed by atoms with Crippen molar-refractivity contribution < 1.29 is 23.9 Å². The summed E-state index contributed by atoms with van der Waals surface area (Å²) >= 11 is 1.05. The fourth-order valence-corrected chi connectivity index (χ4v) is 4.09. The number of imide groups is 1. The van der Waals surface area contributed by atoms with Crippen LogP contribution in [-0.2, 0) is 14.3 Å². The highest BCUT2D eigenvalue weighted by Gasteiger charge is 2.45. The zero-order chi connectivity index (χ0) is 22.7. The number of hydrogen-bond acceptors (Lipinski definition) is 7. The molecular weight excluding hydrogens is 420 g/mol. The highest BCUT2D eigenvalue weighted by atomic mass is 32.1. The molecule has 0 bridgehead atoms. The number of hydrogen-bond donors (Lipinski definition) is 2. The Labute approximate surface area is 183 Å². The molecule has 1 saturated heterocycles. The van der Waals surface area contributed by atoms with E-state index in [0.717, 1.165) is 21.8 Å². The highest BCUT2D eigenvalue weighted by Crippen LogP contribution is 2.28. The van der Waals surface area contributed by atoms with Gasteiger partial charge in [0.2, 0.25) is 5.91 Å². The van der Waals surface area contributed by atoms with E-state index in [4.69, 9.17) is 0 Å². The molecule has 2 unspecified atom stereocenters. The van der Waals surface area contributed by atoms with Gasteiger partial charge >= 0.3 is 12.0 Å². The molecule has 2 atom stereocenters. The van der Waals surface area contributed by atoms with Crippen LogP contribution >= 0.6 is 11.3 Å². The summed E-state index contributed by atoms with van der Waals surface area (Å²) in [5.74, 6) is -1.61. The zero-order valence-corrected chi connectivity index (χ0v) is 18.5. The third-order valence-electron chi connectivity index (χ3n) is 4.91. The summed E-state index contributed by atoms with van der Waals surface area (Å²) in [4.78, 5) is 55.6. The normalized spacial score (nSPS) is 16.9. The number of methoxy groups -OCH3 is 1.